The molecular formula is C24H19F4N5O2. The Morgan fingerprint density at radius 1 is 1.03 bits per heavy atom. The van der Waals surface area contributed by atoms with Crippen molar-refractivity contribution in [3.8, 4) is 5.75 Å². The van der Waals surface area contributed by atoms with E-state index >= 15 is 0 Å². The van der Waals surface area contributed by atoms with Crippen LogP contribution in [0.3, 0.4) is 0 Å². The summed E-state index contributed by atoms with van der Waals surface area (Å²) in [5.74, 6) is -2.15. The second kappa shape index (κ2) is 11.0. The molecule has 35 heavy (non-hydrogen) atoms. The van der Waals surface area contributed by atoms with Crippen molar-refractivity contribution in [2.75, 3.05) is 10.6 Å². The highest BCUT2D eigenvalue weighted by Crippen LogP contribution is 2.30. The number of para-hydroxylation sites is 1. The molecule has 7 nitrogen and oxygen atoms in total. The van der Waals surface area contributed by atoms with Gasteiger partial charge in [-0.1, -0.05) is 18.2 Å². The van der Waals surface area contributed by atoms with Gasteiger partial charge in [-0.3, -0.25) is 4.79 Å². The van der Waals surface area contributed by atoms with Gasteiger partial charge in [0.15, 0.2) is 17.3 Å². The number of nitrogens with one attached hydrogen (secondary N) is 5. The largest absolute Gasteiger partial charge is 0.452 e. The summed E-state index contributed by atoms with van der Waals surface area (Å²) in [6, 6.07) is 10.7. The van der Waals surface area contributed by atoms with E-state index < -0.39 is 29.2 Å². The molecule has 1 aliphatic rings. The van der Waals surface area contributed by atoms with E-state index in [0.29, 0.717) is 5.70 Å². The van der Waals surface area contributed by atoms with Gasteiger partial charge in [-0.05, 0) is 42.5 Å². The number of hydrogen-bond donors (Lipinski definition) is 5. The van der Waals surface area contributed by atoms with Crippen LogP contribution < -0.4 is 20.7 Å². The average Bonchev–Trinajstić information content (AvgIpc) is 2.82. The maximum Gasteiger partial charge on any atom is 0.432 e. The third-order valence-electron chi connectivity index (χ3n) is 4.49. The smallest absolute Gasteiger partial charge is 0.432 e. The molecule has 0 saturated heterocycles. The van der Waals surface area contributed by atoms with Gasteiger partial charge in [0, 0.05) is 36.1 Å². The molecule has 0 aromatic heterocycles. The third-order valence-corrected chi connectivity index (χ3v) is 4.49. The van der Waals surface area contributed by atoms with E-state index in [9.17, 15) is 22.4 Å². The Morgan fingerprint density at radius 2 is 1.77 bits per heavy atom. The van der Waals surface area contributed by atoms with Crippen molar-refractivity contribution in [1.29, 1.82) is 10.8 Å². The highest BCUT2D eigenvalue weighted by atomic mass is 19.4. The van der Waals surface area contributed by atoms with Gasteiger partial charge in [-0.15, -0.1) is 0 Å². The summed E-state index contributed by atoms with van der Waals surface area (Å²) in [6.07, 6.45) is 2.46. The Balaban J connectivity index is 1.83. The van der Waals surface area contributed by atoms with Crippen LogP contribution in [0.1, 0.15) is 0 Å². The zero-order chi connectivity index (χ0) is 25.4. The Hall–Kier alpha value is -4.67. The van der Waals surface area contributed by atoms with Crippen molar-refractivity contribution >= 4 is 29.7 Å². The van der Waals surface area contributed by atoms with Crippen LogP contribution in [-0.4, -0.2) is 24.5 Å². The molecule has 2 aromatic rings. The van der Waals surface area contributed by atoms with Crippen LogP contribution in [0.15, 0.2) is 95.7 Å². The van der Waals surface area contributed by atoms with Crippen molar-refractivity contribution in [3.05, 3.63) is 102 Å². The van der Waals surface area contributed by atoms with E-state index in [2.05, 4.69) is 16.0 Å². The van der Waals surface area contributed by atoms with E-state index in [1.165, 1.54) is 42.5 Å². The molecule has 0 fully saturated rings. The van der Waals surface area contributed by atoms with Crippen LogP contribution in [0, 0.1) is 16.6 Å². The maximum atomic E-state index is 14.6. The van der Waals surface area contributed by atoms with Crippen LogP contribution in [0.25, 0.3) is 0 Å². The van der Waals surface area contributed by atoms with Gasteiger partial charge >= 0.3 is 6.18 Å². The number of halogens is 4. The van der Waals surface area contributed by atoms with Crippen LogP contribution in [0.5, 0.6) is 5.75 Å². The van der Waals surface area contributed by atoms with Gasteiger partial charge in [0.1, 0.15) is 5.70 Å². The fourth-order valence-electron chi connectivity index (χ4n) is 2.92. The van der Waals surface area contributed by atoms with Crippen molar-refractivity contribution in [1.82, 2.24) is 5.32 Å². The molecule has 0 unspecified atom stereocenters. The SMILES string of the molecule is N=C/C=C1\NC=CC=C1Oc1ccc(NC(=O)/C(C=N)=C(/Nc2ccccc2)C(F)(F)F)cc1F. The summed E-state index contributed by atoms with van der Waals surface area (Å²) in [7, 11) is 0. The molecule has 3 rings (SSSR count). The molecule has 0 spiro atoms. The van der Waals surface area contributed by atoms with Crippen LogP contribution in [0.4, 0.5) is 28.9 Å². The number of hydrogen-bond acceptors (Lipinski definition) is 6. The number of allylic oxidation sites excluding steroid dienone is 4. The van der Waals surface area contributed by atoms with Gasteiger partial charge in [0.25, 0.3) is 5.91 Å². The summed E-state index contributed by atoms with van der Waals surface area (Å²) in [6.45, 7) is 0. The molecule has 0 aliphatic carbocycles. The first-order chi connectivity index (χ1) is 16.7. The summed E-state index contributed by atoms with van der Waals surface area (Å²) >= 11 is 0. The van der Waals surface area contributed by atoms with Crippen molar-refractivity contribution < 1.29 is 27.1 Å². The minimum absolute atomic E-state index is 0.0670. The minimum Gasteiger partial charge on any atom is -0.452 e. The second-order valence-electron chi connectivity index (χ2n) is 6.90. The topological polar surface area (TPSA) is 110 Å². The van der Waals surface area contributed by atoms with E-state index in [4.69, 9.17) is 15.6 Å². The lowest BCUT2D eigenvalue weighted by molar-refractivity contribution is -0.114. The average molecular weight is 485 g/mol. The van der Waals surface area contributed by atoms with E-state index in [1.54, 1.807) is 24.4 Å². The lowest BCUT2D eigenvalue weighted by Gasteiger charge is -2.18. The van der Waals surface area contributed by atoms with E-state index in [-0.39, 0.29) is 29.1 Å². The third kappa shape index (κ3) is 6.44. The lowest BCUT2D eigenvalue weighted by atomic mass is 10.1. The van der Waals surface area contributed by atoms with Gasteiger partial charge in [0.2, 0.25) is 0 Å². The van der Waals surface area contributed by atoms with Crippen LogP contribution in [0.2, 0.25) is 0 Å². The predicted octanol–water partition coefficient (Wildman–Crippen LogP) is 5.26. The molecule has 11 heteroatoms. The molecule has 1 heterocycles. The first-order valence-electron chi connectivity index (χ1n) is 10.00. The molecule has 5 N–H and O–H groups in total. The van der Waals surface area contributed by atoms with Gasteiger partial charge < -0.3 is 31.5 Å². The van der Waals surface area contributed by atoms with E-state index in [1.807, 2.05) is 0 Å². The molecule has 0 atom stereocenters. The highest BCUT2D eigenvalue weighted by Gasteiger charge is 2.38. The Labute approximate surface area is 197 Å². The number of alkyl halides is 3. The summed E-state index contributed by atoms with van der Waals surface area (Å²) in [5.41, 5.74) is -2.10. The van der Waals surface area contributed by atoms with Crippen LogP contribution in [-0.2, 0) is 4.79 Å². The molecular weight excluding hydrogens is 466 g/mol. The van der Waals surface area contributed by atoms with Gasteiger partial charge in [-0.25, -0.2) is 4.39 Å². The minimum atomic E-state index is -4.97. The van der Waals surface area contributed by atoms with Gasteiger partial charge in [-0.2, -0.15) is 13.2 Å². The number of ether oxygens (including phenoxy) is 1. The monoisotopic (exact) mass is 485 g/mol. The highest BCUT2D eigenvalue weighted by molar-refractivity contribution is 6.18. The normalized spacial score (nSPS) is 14.9. The molecule has 2 aromatic carbocycles. The summed E-state index contributed by atoms with van der Waals surface area (Å²) in [5, 5.41) is 21.7. The standard InChI is InChI=1S/C24H19F4N5O2/c25-18-13-16(8-9-20(18)35-21-7-4-12-31-19(21)10-11-29)33-23(34)17(14-30)22(24(26,27)28)32-15-5-2-1-3-6-15/h1-14,29-32H,(H,33,34)/b19-10-,22-17+,29-11?,30-14?. The number of benzene rings is 2. The first-order valence-corrected chi connectivity index (χ1v) is 10.00. The van der Waals surface area contributed by atoms with Crippen molar-refractivity contribution in [3.63, 3.8) is 0 Å². The Bertz CT molecular complexity index is 1250. The Kier molecular flexibility index (Phi) is 7.82. The fraction of sp³-hybridized carbons (Fsp3) is 0.0417. The fourth-order valence-corrected chi connectivity index (χ4v) is 2.92. The number of carbonyl (C=O) groups excluding carboxylic acids is 1. The summed E-state index contributed by atoms with van der Waals surface area (Å²) in [4.78, 5) is 12.6. The quantitative estimate of drug-likeness (QED) is 0.200. The zero-order valence-corrected chi connectivity index (χ0v) is 17.9. The van der Waals surface area contributed by atoms with Crippen molar-refractivity contribution in [2.45, 2.75) is 6.18 Å². The number of dihydropyridines is 1. The van der Waals surface area contributed by atoms with Gasteiger partial charge in [0.05, 0.1) is 11.3 Å². The number of carbonyl (C=O) groups is 1. The second-order valence-corrected chi connectivity index (χ2v) is 6.90. The Morgan fingerprint density at radius 3 is 2.40 bits per heavy atom. The predicted molar refractivity (Wildman–Crippen MR) is 125 cm³/mol. The number of rotatable bonds is 8. The maximum absolute atomic E-state index is 14.6. The number of amides is 1. The summed E-state index contributed by atoms with van der Waals surface area (Å²) < 4.78 is 61.1. The molecule has 0 bridgehead atoms. The van der Waals surface area contributed by atoms with Crippen molar-refractivity contribution in [2.24, 2.45) is 0 Å². The lowest BCUT2D eigenvalue weighted by Crippen LogP contribution is -2.27. The molecule has 1 amide bonds. The zero-order valence-electron chi connectivity index (χ0n) is 17.9. The van der Waals surface area contributed by atoms with E-state index in [0.717, 1.165) is 12.3 Å². The molecule has 1 aliphatic heterocycles. The number of anilines is 2. The molecule has 0 radical (unpaired) electrons. The molecule has 180 valence electrons. The van der Waals surface area contributed by atoms with Crippen LogP contribution >= 0.6 is 0 Å². The molecule has 0 saturated carbocycles. The first kappa shape index (κ1) is 25.0.